The lowest BCUT2D eigenvalue weighted by molar-refractivity contribution is 0.0964. The summed E-state index contributed by atoms with van der Waals surface area (Å²) in [5.74, 6) is 0. The Morgan fingerprint density at radius 3 is 2.10 bits per heavy atom. The lowest BCUT2D eigenvalue weighted by Gasteiger charge is -2.45. The molecule has 10 heavy (non-hydrogen) atoms. The molecule has 0 bridgehead atoms. The molecule has 0 amide bonds. The van der Waals surface area contributed by atoms with Gasteiger partial charge in [0.1, 0.15) is 0 Å². The minimum atomic E-state index is 0. The fraction of sp³-hybridized carbons (Fsp3) is 1.00. The van der Waals surface area contributed by atoms with Crippen LogP contribution in [0.15, 0.2) is 0 Å². The standard InChI is InChI=1S/C6H14N2.CH4O.H2/c1-3-6(7)4-8(2)5-6;1-2;/h3-5,7H2,1-2H3;2H,1H3;1H. The molecule has 0 aromatic heterocycles. The van der Waals surface area contributed by atoms with Crippen molar-refractivity contribution in [2.24, 2.45) is 5.73 Å². The summed E-state index contributed by atoms with van der Waals surface area (Å²) in [6, 6.07) is 0. The molecule has 3 N–H and O–H groups in total. The van der Waals surface area contributed by atoms with Crippen molar-refractivity contribution in [3.05, 3.63) is 0 Å². The summed E-state index contributed by atoms with van der Waals surface area (Å²) in [4.78, 5) is 2.24. The Hall–Kier alpha value is -0.120. The van der Waals surface area contributed by atoms with E-state index in [-0.39, 0.29) is 6.97 Å². The van der Waals surface area contributed by atoms with Crippen LogP contribution in [0.5, 0.6) is 0 Å². The summed E-state index contributed by atoms with van der Waals surface area (Å²) in [6.07, 6.45) is 1.11. The fourth-order valence-electron chi connectivity index (χ4n) is 1.25. The van der Waals surface area contributed by atoms with Crippen molar-refractivity contribution in [2.75, 3.05) is 27.2 Å². The Morgan fingerprint density at radius 2 is 2.00 bits per heavy atom. The summed E-state index contributed by atoms with van der Waals surface area (Å²) >= 11 is 0. The van der Waals surface area contributed by atoms with E-state index in [0.717, 1.165) is 26.6 Å². The molecule has 3 heteroatoms. The molecule has 1 aliphatic rings. The predicted molar refractivity (Wildman–Crippen MR) is 45.0 cm³/mol. The molecule has 0 aromatic rings. The Labute approximate surface area is 64.3 Å². The quantitative estimate of drug-likeness (QED) is 0.545. The van der Waals surface area contributed by atoms with Gasteiger partial charge in [0.05, 0.1) is 0 Å². The number of aliphatic hydroxyl groups is 1. The molecule has 3 nitrogen and oxygen atoms in total. The van der Waals surface area contributed by atoms with E-state index in [1.54, 1.807) is 0 Å². The smallest absolute Gasteiger partial charge is 0.0409 e. The average molecular weight is 148 g/mol. The fourth-order valence-corrected chi connectivity index (χ4v) is 1.25. The zero-order chi connectivity index (χ0) is 8.20. The largest absolute Gasteiger partial charge is 0.400 e. The molecule has 64 valence electrons. The van der Waals surface area contributed by atoms with E-state index < -0.39 is 0 Å². The van der Waals surface area contributed by atoms with Gasteiger partial charge >= 0.3 is 0 Å². The maximum absolute atomic E-state index is 7.00. The van der Waals surface area contributed by atoms with Gasteiger partial charge < -0.3 is 15.7 Å². The number of nitrogens with zero attached hydrogens (tertiary/aromatic N) is 1. The third kappa shape index (κ3) is 2.25. The molecule has 1 saturated heterocycles. The molecular weight excluding hydrogens is 128 g/mol. The van der Waals surface area contributed by atoms with E-state index in [2.05, 4.69) is 18.9 Å². The van der Waals surface area contributed by atoms with Crippen molar-refractivity contribution in [1.29, 1.82) is 0 Å². The zero-order valence-electron chi connectivity index (χ0n) is 7.09. The highest BCUT2D eigenvalue weighted by Crippen LogP contribution is 2.18. The molecule has 1 fully saturated rings. The van der Waals surface area contributed by atoms with E-state index >= 15 is 0 Å². The molecule has 0 radical (unpaired) electrons. The normalized spacial score (nSPS) is 22.5. The van der Waals surface area contributed by atoms with Crippen molar-refractivity contribution in [1.82, 2.24) is 4.90 Å². The van der Waals surface area contributed by atoms with E-state index in [9.17, 15) is 0 Å². The lowest BCUT2D eigenvalue weighted by atomic mass is 9.89. The number of rotatable bonds is 1. The van der Waals surface area contributed by atoms with Gasteiger partial charge in [-0.3, -0.25) is 0 Å². The van der Waals surface area contributed by atoms with Crippen LogP contribution in [-0.2, 0) is 0 Å². The summed E-state index contributed by atoms with van der Waals surface area (Å²) < 4.78 is 0. The lowest BCUT2D eigenvalue weighted by Crippen LogP contribution is -2.65. The van der Waals surface area contributed by atoms with Crippen molar-refractivity contribution in [2.45, 2.75) is 18.9 Å². The molecule has 0 unspecified atom stereocenters. The van der Waals surface area contributed by atoms with Gasteiger partial charge in [0.2, 0.25) is 0 Å². The van der Waals surface area contributed by atoms with Crippen molar-refractivity contribution >= 4 is 0 Å². The molecule has 0 aliphatic carbocycles. The molecule has 1 heterocycles. The maximum Gasteiger partial charge on any atom is 0.0409 e. The van der Waals surface area contributed by atoms with Gasteiger partial charge in [-0.05, 0) is 13.5 Å². The van der Waals surface area contributed by atoms with Crippen LogP contribution in [0.4, 0.5) is 0 Å². The highest BCUT2D eigenvalue weighted by atomic mass is 16.2. The highest BCUT2D eigenvalue weighted by Gasteiger charge is 2.34. The van der Waals surface area contributed by atoms with E-state index in [4.69, 9.17) is 10.8 Å². The van der Waals surface area contributed by atoms with Crippen LogP contribution in [0.2, 0.25) is 0 Å². The van der Waals surface area contributed by atoms with Crippen molar-refractivity contribution in [3.8, 4) is 0 Å². The molecule has 1 rings (SSSR count). The van der Waals surface area contributed by atoms with Crippen LogP contribution in [0, 0.1) is 0 Å². The molecule has 0 spiro atoms. The van der Waals surface area contributed by atoms with Crippen molar-refractivity contribution in [3.63, 3.8) is 0 Å². The van der Waals surface area contributed by atoms with Crippen LogP contribution in [0.25, 0.3) is 0 Å². The first-order valence-corrected chi connectivity index (χ1v) is 3.58. The minimum Gasteiger partial charge on any atom is -0.400 e. The number of likely N-dealkylation sites (tertiary alicyclic amines) is 1. The summed E-state index contributed by atoms with van der Waals surface area (Å²) in [5.41, 5.74) is 6.01. The van der Waals surface area contributed by atoms with Crippen molar-refractivity contribution < 1.29 is 6.53 Å². The zero-order valence-corrected chi connectivity index (χ0v) is 7.09. The Balaban J connectivity index is 0. The average Bonchev–Trinajstić information content (AvgIpc) is 1.90. The van der Waals surface area contributed by atoms with Crippen LogP contribution >= 0.6 is 0 Å². The number of nitrogens with two attached hydrogens (primary N) is 1. The van der Waals surface area contributed by atoms with Gasteiger partial charge in [-0.15, -0.1) is 0 Å². The molecule has 0 aromatic carbocycles. The van der Waals surface area contributed by atoms with Gasteiger partial charge in [0.15, 0.2) is 0 Å². The summed E-state index contributed by atoms with van der Waals surface area (Å²) in [5, 5.41) is 7.00. The van der Waals surface area contributed by atoms with Gasteiger partial charge in [0, 0.05) is 27.2 Å². The first-order valence-electron chi connectivity index (χ1n) is 3.58. The van der Waals surface area contributed by atoms with E-state index in [1.807, 2.05) is 0 Å². The van der Waals surface area contributed by atoms with Gasteiger partial charge in [-0.25, -0.2) is 0 Å². The first kappa shape index (κ1) is 9.88. The molecular formula is C7H20N2O. The number of hydrogen-bond acceptors (Lipinski definition) is 3. The van der Waals surface area contributed by atoms with Crippen LogP contribution < -0.4 is 5.73 Å². The van der Waals surface area contributed by atoms with E-state index in [1.165, 1.54) is 0 Å². The van der Waals surface area contributed by atoms with Crippen LogP contribution in [0.3, 0.4) is 0 Å². The second-order valence-corrected chi connectivity index (χ2v) is 2.89. The molecule has 0 saturated carbocycles. The maximum atomic E-state index is 7.00. The second-order valence-electron chi connectivity index (χ2n) is 2.89. The van der Waals surface area contributed by atoms with Gasteiger partial charge in [0.25, 0.3) is 0 Å². The van der Waals surface area contributed by atoms with Crippen LogP contribution in [0.1, 0.15) is 14.8 Å². The molecule has 0 atom stereocenters. The monoisotopic (exact) mass is 148 g/mol. The first-order chi connectivity index (χ1) is 4.66. The van der Waals surface area contributed by atoms with Crippen LogP contribution in [-0.4, -0.2) is 42.8 Å². The predicted octanol–water partition coefficient (Wildman–Crippen LogP) is -0.106. The molecule has 1 aliphatic heterocycles. The summed E-state index contributed by atoms with van der Waals surface area (Å²) in [6.45, 7) is 4.29. The third-order valence-corrected chi connectivity index (χ3v) is 1.87. The number of likely N-dealkylation sites (N-methyl/N-ethyl adjacent to an activating group) is 1. The van der Waals surface area contributed by atoms with E-state index in [0.29, 0.717) is 0 Å². The van der Waals surface area contributed by atoms with Gasteiger partial charge in [-0.1, -0.05) is 6.92 Å². The third-order valence-electron chi connectivity index (χ3n) is 1.87. The second kappa shape index (κ2) is 3.91. The minimum absolute atomic E-state index is 0. The summed E-state index contributed by atoms with van der Waals surface area (Å²) in [7, 11) is 3.10. The Kier molecular flexibility index (Phi) is 3.86. The number of aliphatic hydroxyl groups excluding tert-OH is 1. The van der Waals surface area contributed by atoms with Gasteiger partial charge in [-0.2, -0.15) is 0 Å². The highest BCUT2D eigenvalue weighted by molar-refractivity contribution is 4.96. The Morgan fingerprint density at radius 1 is 1.60 bits per heavy atom. The Bertz CT molecular complexity index is 94.4. The SMILES string of the molecule is CCC1(N)CN(C)C1.CO.[HH]. The number of hydrogen-bond donors (Lipinski definition) is 2. The topological polar surface area (TPSA) is 49.5 Å².